The summed E-state index contributed by atoms with van der Waals surface area (Å²) in [5, 5.41) is 1.39. The van der Waals surface area contributed by atoms with Gasteiger partial charge >= 0.3 is 0 Å². The number of hydrogen-bond donors (Lipinski definition) is 0. The third-order valence-electron chi connectivity index (χ3n) is 3.48. The zero-order valence-electron chi connectivity index (χ0n) is 9.22. The fourth-order valence-electron chi connectivity index (χ4n) is 2.66. The van der Waals surface area contributed by atoms with E-state index in [4.69, 9.17) is 0 Å². The van der Waals surface area contributed by atoms with Gasteiger partial charge in [-0.05, 0) is 31.6 Å². The molecule has 0 N–H and O–H groups in total. The summed E-state index contributed by atoms with van der Waals surface area (Å²) in [4.78, 5) is 2.38. The molecular formula is C11H19NO2S-2. The second kappa shape index (κ2) is 4.45. The zero-order chi connectivity index (χ0) is 10.9. The Hall–Kier alpha value is -0.0300. The maximum Gasteiger partial charge on any atom is 0.0412 e. The third kappa shape index (κ3) is 2.56. The first-order chi connectivity index (χ1) is 7.12. The quantitative estimate of drug-likeness (QED) is 0.729. The maximum absolute atomic E-state index is 11.4. The first kappa shape index (κ1) is 11.5. The molecule has 88 valence electrons. The third-order valence-corrected chi connectivity index (χ3v) is 4.86. The highest BCUT2D eigenvalue weighted by Crippen LogP contribution is 2.46. The molecule has 4 heteroatoms. The Morgan fingerprint density at radius 3 is 2.80 bits per heavy atom. The van der Waals surface area contributed by atoms with Crippen molar-refractivity contribution in [3.05, 3.63) is 11.5 Å². The molecule has 2 atom stereocenters. The number of nitrogens with zero attached hydrogens (tertiary/aromatic N) is 1. The molecule has 2 aliphatic heterocycles. The van der Waals surface area contributed by atoms with Crippen molar-refractivity contribution in [1.29, 1.82) is 0 Å². The standard InChI is InChI=1S/C11H21NO2S/c1-2-10-5-3-4-7-12(10)11-6-8-15(13,14)9-11/h6,8,10-11,13-14H,2-5,7,9H2,1H3/p-2. The van der Waals surface area contributed by atoms with Crippen LogP contribution in [-0.4, -0.2) is 38.4 Å². The molecule has 3 nitrogen and oxygen atoms in total. The van der Waals surface area contributed by atoms with Gasteiger partial charge in [0, 0.05) is 12.1 Å². The van der Waals surface area contributed by atoms with Crippen LogP contribution in [0.2, 0.25) is 0 Å². The summed E-state index contributed by atoms with van der Waals surface area (Å²) in [6.07, 6.45) is 6.72. The van der Waals surface area contributed by atoms with Gasteiger partial charge in [0.2, 0.25) is 0 Å². The molecule has 2 heterocycles. The van der Waals surface area contributed by atoms with Gasteiger partial charge < -0.3 is 19.7 Å². The van der Waals surface area contributed by atoms with Crippen molar-refractivity contribution in [2.24, 2.45) is 0 Å². The molecule has 1 fully saturated rings. The molecule has 0 radical (unpaired) electrons. The Labute approximate surface area is 93.5 Å². The lowest BCUT2D eigenvalue weighted by Gasteiger charge is -2.56. The van der Waals surface area contributed by atoms with Crippen molar-refractivity contribution in [2.45, 2.75) is 44.7 Å². The van der Waals surface area contributed by atoms with Crippen molar-refractivity contribution in [3.8, 4) is 0 Å². The normalized spacial score (nSPS) is 38.1. The first-order valence-corrected chi connectivity index (χ1v) is 7.50. The van der Waals surface area contributed by atoms with Crippen molar-refractivity contribution in [3.63, 3.8) is 0 Å². The van der Waals surface area contributed by atoms with Gasteiger partial charge in [0.1, 0.15) is 0 Å². The van der Waals surface area contributed by atoms with E-state index < -0.39 is 10.6 Å². The van der Waals surface area contributed by atoms with Crippen LogP contribution in [0, 0.1) is 0 Å². The molecule has 2 unspecified atom stereocenters. The molecule has 0 spiro atoms. The Bertz CT molecular complexity index is 255. The van der Waals surface area contributed by atoms with E-state index in [9.17, 15) is 9.11 Å². The van der Waals surface area contributed by atoms with E-state index in [2.05, 4.69) is 11.8 Å². The van der Waals surface area contributed by atoms with Crippen molar-refractivity contribution in [1.82, 2.24) is 4.90 Å². The zero-order valence-corrected chi connectivity index (χ0v) is 10.0. The van der Waals surface area contributed by atoms with Crippen LogP contribution in [0.5, 0.6) is 0 Å². The molecule has 0 amide bonds. The molecule has 15 heavy (non-hydrogen) atoms. The van der Waals surface area contributed by atoms with Crippen LogP contribution in [0.1, 0.15) is 32.6 Å². The average molecular weight is 229 g/mol. The highest BCUT2D eigenvalue weighted by atomic mass is 32.3. The summed E-state index contributed by atoms with van der Waals surface area (Å²) < 4.78 is 22.7. The van der Waals surface area contributed by atoms with E-state index in [-0.39, 0.29) is 6.04 Å². The number of likely N-dealkylation sites (tertiary alicyclic amines) is 1. The monoisotopic (exact) mass is 229 g/mol. The highest BCUT2D eigenvalue weighted by Gasteiger charge is 2.28. The van der Waals surface area contributed by atoms with Crippen molar-refractivity contribution < 1.29 is 9.11 Å². The second-order valence-electron chi connectivity index (χ2n) is 4.52. The topological polar surface area (TPSA) is 49.4 Å². The molecule has 0 aliphatic carbocycles. The summed E-state index contributed by atoms with van der Waals surface area (Å²) in [6.45, 7) is 3.25. The molecular weight excluding hydrogens is 210 g/mol. The SMILES string of the molecule is CCC1CCCCN1C1C=CS([O-])([O-])C1. The van der Waals surface area contributed by atoms with Gasteiger partial charge in [-0.25, -0.2) is 0 Å². The van der Waals surface area contributed by atoms with Crippen LogP contribution in [0.25, 0.3) is 0 Å². The molecule has 2 rings (SSSR count). The Morgan fingerprint density at radius 2 is 2.20 bits per heavy atom. The van der Waals surface area contributed by atoms with Gasteiger partial charge in [0.05, 0.1) is 0 Å². The van der Waals surface area contributed by atoms with Gasteiger partial charge in [-0.2, -0.15) is 0 Å². The van der Waals surface area contributed by atoms with E-state index in [0.29, 0.717) is 11.8 Å². The lowest BCUT2D eigenvalue weighted by molar-refractivity contribution is 0.123. The Morgan fingerprint density at radius 1 is 1.40 bits per heavy atom. The van der Waals surface area contributed by atoms with Crippen LogP contribution in [0.15, 0.2) is 11.5 Å². The van der Waals surface area contributed by atoms with Crippen molar-refractivity contribution in [2.75, 3.05) is 12.3 Å². The fraction of sp³-hybridized carbons (Fsp3) is 0.818. The Kier molecular flexibility index (Phi) is 3.40. The largest absolute Gasteiger partial charge is 0.796 e. The van der Waals surface area contributed by atoms with Crippen LogP contribution < -0.4 is 0 Å². The highest BCUT2D eigenvalue weighted by molar-refractivity contribution is 8.26. The molecule has 0 aromatic rings. The number of sulfone groups is 1. The lowest BCUT2D eigenvalue weighted by Crippen LogP contribution is -2.46. The van der Waals surface area contributed by atoms with E-state index >= 15 is 0 Å². The average Bonchev–Trinajstić information content (AvgIpc) is 2.59. The lowest BCUT2D eigenvalue weighted by atomic mass is 9.98. The van der Waals surface area contributed by atoms with Gasteiger partial charge in [-0.1, -0.05) is 24.8 Å². The fourth-order valence-corrected chi connectivity index (χ4v) is 3.97. The van der Waals surface area contributed by atoms with Gasteiger partial charge in [0.15, 0.2) is 0 Å². The van der Waals surface area contributed by atoms with E-state index in [1.807, 2.05) is 6.08 Å². The smallest absolute Gasteiger partial charge is 0.0412 e. The summed E-state index contributed by atoms with van der Waals surface area (Å²) in [5.41, 5.74) is 0. The predicted octanol–water partition coefficient (Wildman–Crippen LogP) is 2.21. The summed E-state index contributed by atoms with van der Waals surface area (Å²) in [7, 11) is -2.90. The maximum atomic E-state index is 11.4. The van der Waals surface area contributed by atoms with Crippen LogP contribution in [0.3, 0.4) is 0 Å². The van der Waals surface area contributed by atoms with E-state index in [1.165, 1.54) is 24.7 Å². The summed E-state index contributed by atoms with van der Waals surface area (Å²) in [5.74, 6) is 0.295. The molecule has 2 aliphatic rings. The van der Waals surface area contributed by atoms with Crippen LogP contribution >= 0.6 is 10.6 Å². The molecule has 0 saturated carbocycles. The van der Waals surface area contributed by atoms with Crippen molar-refractivity contribution >= 4 is 10.6 Å². The predicted molar refractivity (Wildman–Crippen MR) is 61.6 cm³/mol. The first-order valence-electron chi connectivity index (χ1n) is 5.79. The minimum atomic E-state index is -2.90. The van der Waals surface area contributed by atoms with Crippen LogP contribution in [0.4, 0.5) is 0 Å². The molecule has 0 bridgehead atoms. The molecule has 0 aromatic heterocycles. The number of rotatable bonds is 2. The summed E-state index contributed by atoms with van der Waals surface area (Å²) >= 11 is 0. The Balaban J connectivity index is 2.00. The molecule has 1 saturated heterocycles. The van der Waals surface area contributed by atoms with Gasteiger partial charge in [0.25, 0.3) is 0 Å². The number of piperidine rings is 1. The minimum Gasteiger partial charge on any atom is -0.796 e. The summed E-state index contributed by atoms with van der Waals surface area (Å²) in [6, 6.07) is 0.724. The minimum absolute atomic E-state index is 0.139. The van der Waals surface area contributed by atoms with Gasteiger partial charge in [-0.3, -0.25) is 4.90 Å². The van der Waals surface area contributed by atoms with E-state index in [1.54, 1.807) is 0 Å². The number of hydrogen-bond acceptors (Lipinski definition) is 3. The van der Waals surface area contributed by atoms with Crippen LogP contribution in [-0.2, 0) is 0 Å². The van der Waals surface area contributed by atoms with Gasteiger partial charge in [-0.15, -0.1) is 0 Å². The second-order valence-corrected chi connectivity index (χ2v) is 6.45. The molecule has 0 aromatic carbocycles. The van der Waals surface area contributed by atoms with E-state index in [0.717, 1.165) is 13.0 Å².